The van der Waals surface area contributed by atoms with E-state index in [4.69, 9.17) is 23.2 Å². The third kappa shape index (κ3) is 4.70. The van der Waals surface area contributed by atoms with Crippen molar-refractivity contribution < 1.29 is 0 Å². The molecular formula is C16H10Br2Cl2N6. The molecule has 0 aliphatic heterocycles. The van der Waals surface area contributed by atoms with Crippen molar-refractivity contribution in [3.63, 3.8) is 0 Å². The van der Waals surface area contributed by atoms with Gasteiger partial charge in [-0.15, -0.1) is 0 Å². The van der Waals surface area contributed by atoms with Crippen LogP contribution in [0.4, 0.5) is 0 Å². The maximum absolute atomic E-state index is 5.93. The minimum Gasteiger partial charge on any atom is -0.236 e. The van der Waals surface area contributed by atoms with Gasteiger partial charge in [0.05, 0.1) is 10.0 Å². The lowest BCUT2D eigenvalue weighted by molar-refractivity contribution is 0.839. The van der Waals surface area contributed by atoms with E-state index in [0.29, 0.717) is 21.7 Å². The number of halogens is 4. The number of pyridine rings is 2. The summed E-state index contributed by atoms with van der Waals surface area (Å²) in [5.41, 5.74) is 0. The van der Waals surface area contributed by atoms with Gasteiger partial charge in [-0.2, -0.15) is 10.2 Å². The summed E-state index contributed by atoms with van der Waals surface area (Å²) >= 11 is 18.4. The topological polar surface area (TPSA) is 61.4 Å². The summed E-state index contributed by atoms with van der Waals surface area (Å²) in [5, 5.41) is 9.42. The standard InChI is InChI=1S/2C8H5BrClN3/c2*9-7-3-5-13(12-7)8-6(10)2-1-4-11-8/h2*1-5H. The molecule has 0 saturated heterocycles. The van der Waals surface area contributed by atoms with E-state index in [1.54, 1.807) is 58.4 Å². The Bertz CT molecular complexity index is 935. The van der Waals surface area contributed by atoms with Crippen LogP contribution in [-0.4, -0.2) is 29.5 Å². The van der Waals surface area contributed by atoms with Gasteiger partial charge in [-0.05, 0) is 68.3 Å². The van der Waals surface area contributed by atoms with Gasteiger partial charge in [0.1, 0.15) is 9.21 Å². The van der Waals surface area contributed by atoms with Crippen molar-refractivity contribution in [3.8, 4) is 11.6 Å². The Kier molecular flexibility index (Phi) is 6.42. The van der Waals surface area contributed by atoms with Crippen molar-refractivity contribution in [2.75, 3.05) is 0 Å². The average molecular weight is 517 g/mol. The van der Waals surface area contributed by atoms with Crippen molar-refractivity contribution in [3.05, 3.63) is 80.4 Å². The normalized spacial score (nSPS) is 10.3. The van der Waals surface area contributed by atoms with Gasteiger partial charge in [0.25, 0.3) is 0 Å². The fourth-order valence-electron chi connectivity index (χ4n) is 1.93. The Labute approximate surface area is 176 Å². The fourth-order valence-corrected chi connectivity index (χ4v) is 2.93. The molecule has 0 spiro atoms. The van der Waals surface area contributed by atoms with Crippen LogP contribution < -0.4 is 0 Å². The van der Waals surface area contributed by atoms with Crippen LogP contribution in [0.5, 0.6) is 0 Å². The smallest absolute Gasteiger partial charge is 0.172 e. The van der Waals surface area contributed by atoms with Crippen molar-refractivity contribution in [1.29, 1.82) is 0 Å². The Morgan fingerprint density at radius 2 is 1.12 bits per heavy atom. The molecule has 0 amide bonds. The van der Waals surface area contributed by atoms with Gasteiger partial charge in [0.2, 0.25) is 0 Å². The maximum Gasteiger partial charge on any atom is 0.172 e. The summed E-state index contributed by atoms with van der Waals surface area (Å²) in [4.78, 5) is 8.22. The molecule has 6 nitrogen and oxygen atoms in total. The molecule has 0 aliphatic carbocycles. The summed E-state index contributed by atoms with van der Waals surface area (Å²) in [6.45, 7) is 0. The van der Waals surface area contributed by atoms with Gasteiger partial charge in [-0.25, -0.2) is 19.3 Å². The predicted molar refractivity (Wildman–Crippen MR) is 108 cm³/mol. The number of hydrogen-bond donors (Lipinski definition) is 0. The van der Waals surface area contributed by atoms with Crippen molar-refractivity contribution in [2.24, 2.45) is 0 Å². The highest BCUT2D eigenvalue weighted by Crippen LogP contribution is 2.18. The molecule has 0 fully saturated rings. The minimum atomic E-state index is 0.582. The van der Waals surface area contributed by atoms with Crippen LogP contribution in [0, 0.1) is 0 Å². The van der Waals surface area contributed by atoms with Crippen LogP contribution in [0.1, 0.15) is 0 Å². The van der Waals surface area contributed by atoms with Crippen LogP contribution in [0.15, 0.2) is 70.4 Å². The predicted octanol–water partition coefficient (Wildman–Crippen LogP) is 5.37. The van der Waals surface area contributed by atoms with Gasteiger partial charge >= 0.3 is 0 Å². The van der Waals surface area contributed by atoms with E-state index in [0.717, 1.165) is 9.21 Å². The summed E-state index contributed by atoms with van der Waals surface area (Å²) in [6.07, 6.45) is 6.93. The van der Waals surface area contributed by atoms with Crippen LogP contribution in [0.2, 0.25) is 10.0 Å². The molecule has 10 heteroatoms. The quantitative estimate of drug-likeness (QED) is 0.359. The Morgan fingerprint density at radius 1 is 0.692 bits per heavy atom. The van der Waals surface area contributed by atoms with E-state index < -0.39 is 0 Å². The highest BCUT2D eigenvalue weighted by atomic mass is 79.9. The lowest BCUT2D eigenvalue weighted by Gasteiger charge is -2.00. The lowest BCUT2D eigenvalue weighted by atomic mass is 10.4. The molecule has 0 bridgehead atoms. The summed E-state index contributed by atoms with van der Waals surface area (Å²) in [5.74, 6) is 1.27. The molecule has 26 heavy (non-hydrogen) atoms. The first-order valence-electron chi connectivity index (χ1n) is 7.19. The molecule has 0 atom stereocenters. The molecule has 132 valence electrons. The fraction of sp³-hybridized carbons (Fsp3) is 0. The molecule has 0 radical (unpaired) electrons. The zero-order chi connectivity index (χ0) is 18.5. The molecule has 0 unspecified atom stereocenters. The molecule has 4 rings (SSSR count). The molecule has 4 aromatic rings. The minimum absolute atomic E-state index is 0.582. The van der Waals surface area contributed by atoms with E-state index >= 15 is 0 Å². The van der Waals surface area contributed by atoms with E-state index in [2.05, 4.69) is 52.0 Å². The van der Waals surface area contributed by atoms with Gasteiger partial charge in [-0.1, -0.05) is 23.2 Å². The SMILES string of the molecule is Clc1cccnc1-n1ccc(Br)n1.Clc1cccnc1-n1ccc(Br)n1. The number of rotatable bonds is 2. The second kappa shape index (κ2) is 8.77. The van der Waals surface area contributed by atoms with Gasteiger partial charge in [-0.3, -0.25) is 0 Å². The van der Waals surface area contributed by atoms with Gasteiger partial charge in [0, 0.05) is 24.8 Å². The first-order chi connectivity index (χ1) is 12.5. The molecule has 0 aliphatic rings. The highest BCUT2D eigenvalue weighted by molar-refractivity contribution is 9.10. The van der Waals surface area contributed by atoms with Crippen molar-refractivity contribution >= 4 is 55.1 Å². The zero-order valence-corrected chi connectivity index (χ0v) is 17.7. The third-order valence-electron chi connectivity index (χ3n) is 3.03. The van der Waals surface area contributed by atoms with E-state index in [-0.39, 0.29) is 0 Å². The number of nitrogens with zero attached hydrogens (tertiary/aromatic N) is 6. The average Bonchev–Trinajstić information content (AvgIpc) is 3.25. The molecule has 4 aromatic heterocycles. The second-order valence-corrected chi connectivity index (χ2v) is 7.22. The Hall–Kier alpha value is -1.74. The third-order valence-corrected chi connectivity index (χ3v) is 4.46. The first kappa shape index (κ1) is 19.0. The van der Waals surface area contributed by atoms with Crippen LogP contribution >= 0.6 is 55.1 Å². The van der Waals surface area contributed by atoms with Crippen LogP contribution in [0.3, 0.4) is 0 Å². The first-order valence-corrected chi connectivity index (χ1v) is 9.53. The van der Waals surface area contributed by atoms with E-state index in [1.165, 1.54) is 0 Å². The largest absolute Gasteiger partial charge is 0.236 e. The maximum atomic E-state index is 5.93. The summed E-state index contributed by atoms with van der Waals surface area (Å²) in [6, 6.07) is 10.8. The molecular weight excluding hydrogens is 507 g/mol. The second-order valence-electron chi connectivity index (χ2n) is 4.78. The molecule has 0 N–H and O–H groups in total. The summed E-state index contributed by atoms with van der Waals surface area (Å²) in [7, 11) is 0. The molecule has 0 aromatic carbocycles. The van der Waals surface area contributed by atoms with E-state index in [9.17, 15) is 0 Å². The van der Waals surface area contributed by atoms with Crippen LogP contribution in [0.25, 0.3) is 11.6 Å². The van der Waals surface area contributed by atoms with Gasteiger partial charge < -0.3 is 0 Å². The molecule has 4 heterocycles. The van der Waals surface area contributed by atoms with Crippen molar-refractivity contribution in [2.45, 2.75) is 0 Å². The Morgan fingerprint density at radius 3 is 1.42 bits per heavy atom. The monoisotopic (exact) mass is 514 g/mol. The number of aromatic nitrogens is 6. The molecule has 0 saturated carbocycles. The van der Waals surface area contributed by atoms with Crippen LogP contribution in [-0.2, 0) is 0 Å². The van der Waals surface area contributed by atoms with Gasteiger partial charge in [0.15, 0.2) is 11.6 Å². The lowest BCUT2D eigenvalue weighted by Crippen LogP contribution is -1.98. The zero-order valence-electron chi connectivity index (χ0n) is 13.0. The van der Waals surface area contributed by atoms with Crippen molar-refractivity contribution in [1.82, 2.24) is 29.5 Å². The highest BCUT2D eigenvalue weighted by Gasteiger charge is 2.04. The number of hydrogen-bond acceptors (Lipinski definition) is 4. The summed E-state index contributed by atoms with van der Waals surface area (Å²) < 4.78 is 4.75. The van der Waals surface area contributed by atoms with E-state index in [1.807, 2.05) is 12.1 Å². The Balaban J connectivity index is 0.000000151.